The van der Waals surface area contributed by atoms with E-state index in [-0.39, 0.29) is 5.88 Å². The number of hydrogen-bond acceptors (Lipinski definition) is 3. The molecule has 0 bridgehead atoms. The maximum atomic E-state index is 12.8. The van der Waals surface area contributed by atoms with E-state index in [9.17, 15) is 14.7 Å². The van der Waals surface area contributed by atoms with Crippen molar-refractivity contribution in [1.29, 1.82) is 0 Å². The lowest BCUT2D eigenvalue weighted by atomic mass is 10.2. The number of aromatic hydroxyl groups is 1. The molecule has 0 atom stereocenters. The van der Waals surface area contributed by atoms with E-state index in [0.29, 0.717) is 11.4 Å². The van der Waals surface area contributed by atoms with Crippen molar-refractivity contribution in [3.63, 3.8) is 0 Å². The molecule has 0 radical (unpaired) electrons. The molecule has 0 saturated heterocycles. The molecule has 23 heavy (non-hydrogen) atoms. The van der Waals surface area contributed by atoms with Gasteiger partial charge in [-0.2, -0.15) is 0 Å². The van der Waals surface area contributed by atoms with Crippen LogP contribution in [0.3, 0.4) is 0 Å². The van der Waals surface area contributed by atoms with Crippen LogP contribution in [-0.2, 0) is 0 Å². The molecule has 0 aliphatic heterocycles. The molecule has 5 heteroatoms. The van der Waals surface area contributed by atoms with Crippen LogP contribution in [0.1, 0.15) is 11.1 Å². The van der Waals surface area contributed by atoms with Gasteiger partial charge in [0.15, 0.2) is 0 Å². The van der Waals surface area contributed by atoms with Crippen molar-refractivity contribution in [2.75, 3.05) is 0 Å². The second-order valence-corrected chi connectivity index (χ2v) is 5.47. The van der Waals surface area contributed by atoms with Gasteiger partial charge in [0.05, 0.1) is 17.4 Å². The Labute approximate surface area is 132 Å². The number of aromatic nitrogens is 2. The molecule has 0 saturated carbocycles. The quantitative estimate of drug-likeness (QED) is 0.790. The van der Waals surface area contributed by atoms with Crippen LogP contribution >= 0.6 is 0 Å². The van der Waals surface area contributed by atoms with E-state index in [1.165, 1.54) is 0 Å². The fourth-order valence-electron chi connectivity index (χ4n) is 2.55. The minimum Gasteiger partial charge on any atom is -0.494 e. The molecule has 0 spiro atoms. The van der Waals surface area contributed by atoms with Gasteiger partial charge in [-0.25, -0.2) is 13.9 Å². The molecule has 0 unspecified atom stereocenters. The summed E-state index contributed by atoms with van der Waals surface area (Å²) in [5.74, 6) is -0.380. The summed E-state index contributed by atoms with van der Waals surface area (Å²) in [7, 11) is 0. The fourth-order valence-corrected chi connectivity index (χ4v) is 2.55. The molecule has 0 amide bonds. The van der Waals surface area contributed by atoms with E-state index in [1.54, 1.807) is 36.4 Å². The molecular formula is C18H16N2O3. The summed E-state index contributed by atoms with van der Waals surface area (Å²) in [5.41, 5.74) is 1.69. The second-order valence-electron chi connectivity index (χ2n) is 5.47. The summed E-state index contributed by atoms with van der Waals surface area (Å²) >= 11 is 0. The van der Waals surface area contributed by atoms with Crippen molar-refractivity contribution in [3.8, 4) is 17.3 Å². The third-order valence-corrected chi connectivity index (χ3v) is 3.60. The number of hydrogen-bond donors (Lipinski definition) is 1. The Morgan fingerprint density at radius 3 is 1.83 bits per heavy atom. The number of benzene rings is 2. The van der Waals surface area contributed by atoms with Crippen LogP contribution in [0.25, 0.3) is 11.4 Å². The zero-order valence-corrected chi connectivity index (χ0v) is 12.9. The Morgan fingerprint density at radius 2 is 1.30 bits per heavy atom. The molecule has 2 aromatic carbocycles. The van der Waals surface area contributed by atoms with Crippen molar-refractivity contribution in [3.05, 3.63) is 86.6 Å². The molecule has 0 fully saturated rings. The summed E-state index contributed by atoms with van der Waals surface area (Å²) in [6, 6.07) is 15.3. The molecule has 1 aromatic heterocycles. The van der Waals surface area contributed by atoms with Gasteiger partial charge in [-0.3, -0.25) is 4.79 Å². The number of nitrogens with zero attached hydrogens (tertiary/aromatic N) is 2. The average molecular weight is 308 g/mol. The fraction of sp³-hybridized carbons (Fsp3) is 0.111. The van der Waals surface area contributed by atoms with Gasteiger partial charge >= 0.3 is 5.69 Å². The van der Waals surface area contributed by atoms with Gasteiger partial charge in [-0.1, -0.05) is 24.3 Å². The SMILES string of the molecule is Cc1cccc(-n2c(O)cc(=O)n(-c3cccc(C)c3)c2=O)c1. The molecule has 1 heterocycles. The minimum absolute atomic E-state index is 0.380. The first-order valence-electron chi connectivity index (χ1n) is 7.19. The summed E-state index contributed by atoms with van der Waals surface area (Å²) in [5, 5.41) is 10.1. The van der Waals surface area contributed by atoms with Gasteiger partial charge in [0.2, 0.25) is 5.88 Å². The van der Waals surface area contributed by atoms with E-state index in [0.717, 1.165) is 26.3 Å². The van der Waals surface area contributed by atoms with E-state index in [1.807, 2.05) is 26.0 Å². The largest absolute Gasteiger partial charge is 0.494 e. The number of aryl methyl sites for hydroxylation is 2. The third-order valence-electron chi connectivity index (χ3n) is 3.60. The molecule has 5 nitrogen and oxygen atoms in total. The topological polar surface area (TPSA) is 64.2 Å². The first-order chi connectivity index (χ1) is 11.0. The third kappa shape index (κ3) is 2.68. The van der Waals surface area contributed by atoms with Crippen LogP contribution in [-0.4, -0.2) is 14.2 Å². The van der Waals surface area contributed by atoms with Crippen molar-refractivity contribution in [2.45, 2.75) is 13.8 Å². The smallest absolute Gasteiger partial charge is 0.343 e. The van der Waals surface area contributed by atoms with Crippen LogP contribution in [0.15, 0.2) is 64.2 Å². The molecule has 3 aromatic rings. The molecule has 0 aliphatic rings. The average Bonchev–Trinajstić information content (AvgIpc) is 2.47. The standard InChI is InChI=1S/C18H16N2O3/c1-12-5-3-7-14(9-12)19-16(21)11-17(22)20(18(19)23)15-8-4-6-13(2)10-15/h3-11,21H,1-2H3. The van der Waals surface area contributed by atoms with Crippen LogP contribution in [0.5, 0.6) is 5.88 Å². The van der Waals surface area contributed by atoms with Gasteiger partial charge in [-0.15, -0.1) is 0 Å². The molecule has 1 N–H and O–H groups in total. The van der Waals surface area contributed by atoms with Crippen LogP contribution in [0.2, 0.25) is 0 Å². The molecule has 116 valence electrons. The zero-order chi connectivity index (χ0) is 16.6. The maximum Gasteiger partial charge on any atom is 0.343 e. The summed E-state index contributed by atoms with van der Waals surface area (Å²) in [6.07, 6.45) is 0. The molecule has 3 rings (SSSR count). The highest BCUT2D eigenvalue weighted by atomic mass is 16.3. The van der Waals surface area contributed by atoms with Crippen LogP contribution < -0.4 is 11.2 Å². The van der Waals surface area contributed by atoms with E-state index < -0.39 is 11.2 Å². The van der Waals surface area contributed by atoms with E-state index in [2.05, 4.69) is 0 Å². The lowest BCUT2D eigenvalue weighted by molar-refractivity contribution is 0.428. The normalized spacial score (nSPS) is 10.7. The van der Waals surface area contributed by atoms with Gasteiger partial charge in [-0.05, 0) is 49.2 Å². The van der Waals surface area contributed by atoms with E-state index >= 15 is 0 Å². The van der Waals surface area contributed by atoms with Gasteiger partial charge in [0.25, 0.3) is 5.56 Å². The predicted octanol–water partition coefficient (Wildman–Crippen LogP) is 2.31. The Hall–Kier alpha value is -3.08. The highest BCUT2D eigenvalue weighted by Gasteiger charge is 2.14. The predicted molar refractivity (Wildman–Crippen MR) is 88.8 cm³/mol. The van der Waals surface area contributed by atoms with Crippen LogP contribution in [0.4, 0.5) is 0 Å². The lowest BCUT2D eigenvalue weighted by Gasteiger charge is -2.12. The zero-order valence-electron chi connectivity index (χ0n) is 12.9. The van der Waals surface area contributed by atoms with Gasteiger partial charge in [0.1, 0.15) is 0 Å². The molecule has 0 aliphatic carbocycles. The Morgan fingerprint density at radius 1 is 0.783 bits per heavy atom. The monoisotopic (exact) mass is 308 g/mol. The van der Waals surface area contributed by atoms with Crippen molar-refractivity contribution < 1.29 is 5.11 Å². The first kappa shape index (κ1) is 14.8. The highest BCUT2D eigenvalue weighted by molar-refractivity contribution is 5.40. The summed E-state index contributed by atoms with van der Waals surface area (Å²) in [4.78, 5) is 25.0. The molecular weight excluding hydrogens is 292 g/mol. The van der Waals surface area contributed by atoms with Crippen molar-refractivity contribution in [1.82, 2.24) is 9.13 Å². The van der Waals surface area contributed by atoms with Gasteiger partial charge in [0, 0.05) is 0 Å². The van der Waals surface area contributed by atoms with Gasteiger partial charge < -0.3 is 5.11 Å². The van der Waals surface area contributed by atoms with Crippen LogP contribution in [0, 0.1) is 13.8 Å². The summed E-state index contributed by atoms with van der Waals surface area (Å²) < 4.78 is 2.17. The first-order valence-corrected chi connectivity index (χ1v) is 7.19. The summed E-state index contributed by atoms with van der Waals surface area (Å²) in [6.45, 7) is 3.77. The second kappa shape index (κ2) is 5.61. The number of rotatable bonds is 2. The van der Waals surface area contributed by atoms with Crippen molar-refractivity contribution in [2.24, 2.45) is 0 Å². The minimum atomic E-state index is -0.605. The maximum absolute atomic E-state index is 12.8. The highest BCUT2D eigenvalue weighted by Crippen LogP contribution is 2.15. The Balaban J connectivity index is 2.34. The Kier molecular flexibility index (Phi) is 3.62. The Bertz CT molecular complexity index is 1000. The lowest BCUT2D eigenvalue weighted by Crippen LogP contribution is -2.37. The van der Waals surface area contributed by atoms with E-state index in [4.69, 9.17) is 0 Å². The van der Waals surface area contributed by atoms with Crippen molar-refractivity contribution >= 4 is 0 Å².